The van der Waals surface area contributed by atoms with Crippen LogP contribution < -0.4 is 0 Å². The van der Waals surface area contributed by atoms with E-state index >= 15 is 0 Å². The van der Waals surface area contributed by atoms with E-state index in [1.54, 1.807) is 7.11 Å². The van der Waals surface area contributed by atoms with Crippen molar-refractivity contribution in [3.05, 3.63) is 23.3 Å². The number of Topliss-reactive ketones (excluding diaryl/α,β-unsaturated/α-hetero) is 1. The van der Waals surface area contributed by atoms with Crippen LogP contribution in [0.3, 0.4) is 0 Å². The SMILES string of the molecule is CO[C@H]1CCC[C@@H](C)OC(=O)Cc2cc(O)cc(O)c2C(=O)C1. The summed E-state index contributed by atoms with van der Waals surface area (Å²) >= 11 is 0. The molecule has 2 rings (SSSR count). The number of ketones is 1. The number of ether oxygens (including phenoxy) is 2. The Morgan fingerprint density at radius 1 is 1.22 bits per heavy atom. The van der Waals surface area contributed by atoms with Gasteiger partial charge in [-0.3, -0.25) is 9.59 Å². The molecule has 6 nitrogen and oxygen atoms in total. The van der Waals surface area contributed by atoms with E-state index in [1.165, 1.54) is 6.07 Å². The lowest BCUT2D eigenvalue weighted by Crippen LogP contribution is -2.22. The Bertz CT molecular complexity index is 595. The van der Waals surface area contributed by atoms with Crippen LogP contribution in [0.25, 0.3) is 0 Å². The second-order valence-corrected chi connectivity index (χ2v) is 5.89. The molecule has 23 heavy (non-hydrogen) atoms. The average molecular weight is 322 g/mol. The van der Waals surface area contributed by atoms with E-state index in [2.05, 4.69) is 0 Å². The highest BCUT2D eigenvalue weighted by molar-refractivity contribution is 6.01. The fraction of sp³-hybridized carbons (Fsp3) is 0.529. The van der Waals surface area contributed by atoms with Gasteiger partial charge in [0.05, 0.1) is 24.2 Å². The van der Waals surface area contributed by atoms with Gasteiger partial charge in [0, 0.05) is 19.6 Å². The zero-order valence-electron chi connectivity index (χ0n) is 13.4. The van der Waals surface area contributed by atoms with E-state index < -0.39 is 5.97 Å². The van der Waals surface area contributed by atoms with Crippen molar-refractivity contribution in [1.29, 1.82) is 0 Å². The molecule has 0 saturated carbocycles. The lowest BCUT2D eigenvalue weighted by atomic mass is 9.94. The van der Waals surface area contributed by atoms with Gasteiger partial charge in [0.15, 0.2) is 5.78 Å². The molecule has 1 aromatic carbocycles. The maximum Gasteiger partial charge on any atom is 0.310 e. The largest absolute Gasteiger partial charge is 0.508 e. The summed E-state index contributed by atoms with van der Waals surface area (Å²) in [5.74, 6) is -1.34. The number of esters is 1. The maximum atomic E-state index is 12.5. The molecule has 0 amide bonds. The number of hydrogen-bond donors (Lipinski definition) is 2. The lowest BCUT2D eigenvalue weighted by Gasteiger charge is -2.20. The second kappa shape index (κ2) is 7.46. The van der Waals surface area contributed by atoms with Crippen molar-refractivity contribution in [1.82, 2.24) is 0 Å². The molecule has 0 radical (unpaired) electrons. The van der Waals surface area contributed by atoms with Crippen molar-refractivity contribution in [2.45, 2.75) is 51.2 Å². The second-order valence-electron chi connectivity index (χ2n) is 5.89. The van der Waals surface area contributed by atoms with Crippen molar-refractivity contribution in [2.75, 3.05) is 7.11 Å². The van der Waals surface area contributed by atoms with Gasteiger partial charge in [-0.1, -0.05) is 0 Å². The number of phenolic OH excluding ortho intramolecular Hbond substituents is 2. The molecule has 0 unspecified atom stereocenters. The monoisotopic (exact) mass is 322 g/mol. The first-order chi connectivity index (χ1) is 10.9. The molecule has 0 aromatic heterocycles. The average Bonchev–Trinajstić information content (AvgIpc) is 2.43. The minimum Gasteiger partial charge on any atom is -0.508 e. The highest BCUT2D eigenvalue weighted by Gasteiger charge is 2.24. The molecular formula is C17H22O6. The first kappa shape index (κ1) is 17.3. The van der Waals surface area contributed by atoms with Crippen LogP contribution in [0, 0.1) is 0 Å². The molecule has 0 fully saturated rings. The van der Waals surface area contributed by atoms with Gasteiger partial charge in [0.25, 0.3) is 0 Å². The van der Waals surface area contributed by atoms with E-state index in [-0.39, 0.29) is 53.5 Å². The van der Waals surface area contributed by atoms with E-state index in [4.69, 9.17) is 9.47 Å². The minimum absolute atomic E-state index is 0.0510. The molecule has 1 heterocycles. The van der Waals surface area contributed by atoms with E-state index in [0.717, 1.165) is 12.5 Å². The highest BCUT2D eigenvalue weighted by atomic mass is 16.5. The van der Waals surface area contributed by atoms with Crippen molar-refractivity contribution in [3.8, 4) is 11.5 Å². The Morgan fingerprint density at radius 2 is 1.96 bits per heavy atom. The number of rotatable bonds is 1. The van der Waals surface area contributed by atoms with Gasteiger partial charge >= 0.3 is 5.97 Å². The van der Waals surface area contributed by atoms with Crippen molar-refractivity contribution in [2.24, 2.45) is 0 Å². The number of cyclic esters (lactones) is 1. The first-order valence-electron chi connectivity index (χ1n) is 7.71. The third kappa shape index (κ3) is 4.45. The molecule has 0 saturated heterocycles. The molecule has 0 spiro atoms. The predicted molar refractivity (Wildman–Crippen MR) is 82.6 cm³/mol. The summed E-state index contributed by atoms with van der Waals surface area (Å²) in [5.41, 5.74) is 0.315. The number of fused-ring (bicyclic) bond motifs is 1. The minimum atomic E-state index is -0.486. The van der Waals surface area contributed by atoms with Gasteiger partial charge in [-0.15, -0.1) is 0 Å². The van der Waals surface area contributed by atoms with Gasteiger partial charge in [-0.25, -0.2) is 0 Å². The summed E-state index contributed by atoms with van der Waals surface area (Å²) < 4.78 is 10.7. The molecule has 0 bridgehead atoms. The van der Waals surface area contributed by atoms with Crippen LogP contribution in [0.5, 0.6) is 11.5 Å². The van der Waals surface area contributed by atoms with Crippen LogP contribution in [0.1, 0.15) is 48.5 Å². The summed E-state index contributed by atoms with van der Waals surface area (Å²) in [6, 6.07) is 2.41. The van der Waals surface area contributed by atoms with Crippen LogP contribution in [-0.2, 0) is 20.7 Å². The Morgan fingerprint density at radius 3 is 2.65 bits per heavy atom. The Kier molecular flexibility index (Phi) is 5.60. The quantitative estimate of drug-likeness (QED) is 0.771. The smallest absolute Gasteiger partial charge is 0.310 e. The summed E-state index contributed by atoms with van der Waals surface area (Å²) in [5, 5.41) is 19.7. The number of benzene rings is 1. The number of methoxy groups -OCH3 is 1. The lowest BCUT2D eigenvalue weighted by molar-refractivity contribution is -0.147. The molecule has 1 aliphatic rings. The van der Waals surface area contributed by atoms with Gasteiger partial charge in [0.2, 0.25) is 0 Å². The number of aromatic hydroxyl groups is 2. The molecule has 2 atom stereocenters. The molecule has 2 N–H and O–H groups in total. The van der Waals surface area contributed by atoms with E-state index in [1.807, 2.05) is 6.92 Å². The van der Waals surface area contributed by atoms with Gasteiger partial charge in [0.1, 0.15) is 11.5 Å². The number of carbonyl (C=O) groups is 2. The molecule has 0 aliphatic carbocycles. The summed E-state index contributed by atoms with van der Waals surface area (Å²) in [6.07, 6.45) is 1.58. The number of phenols is 2. The third-order valence-electron chi connectivity index (χ3n) is 4.01. The third-order valence-corrected chi connectivity index (χ3v) is 4.01. The van der Waals surface area contributed by atoms with Crippen molar-refractivity contribution >= 4 is 11.8 Å². The predicted octanol–water partition coefficient (Wildman–Crippen LogP) is 2.34. The van der Waals surface area contributed by atoms with Crippen LogP contribution in [0.2, 0.25) is 0 Å². The van der Waals surface area contributed by atoms with Crippen LogP contribution in [0.4, 0.5) is 0 Å². The highest BCUT2D eigenvalue weighted by Crippen LogP contribution is 2.30. The maximum absolute atomic E-state index is 12.5. The summed E-state index contributed by atoms with van der Waals surface area (Å²) in [4.78, 5) is 24.5. The standard InChI is InChI=1S/C17H22O6/c1-10-4-3-5-13(22-2)9-15(20)17-11(7-16(21)23-10)6-12(18)8-14(17)19/h6,8,10,13,18-19H,3-5,7,9H2,1-2H3/t10-,13+/m1/s1. The Labute approximate surface area is 135 Å². The van der Waals surface area contributed by atoms with Crippen LogP contribution in [0.15, 0.2) is 12.1 Å². The van der Waals surface area contributed by atoms with Crippen LogP contribution in [-0.4, -0.2) is 41.3 Å². The Balaban J connectivity index is 2.40. The van der Waals surface area contributed by atoms with Gasteiger partial charge < -0.3 is 19.7 Å². The first-order valence-corrected chi connectivity index (χ1v) is 7.71. The van der Waals surface area contributed by atoms with E-state index in [0.29, 0.717) is 12.8 Å². The van der Waals surface area contributed by atoms with Crippen molar-refractivity contribution < 1.29 is 29.3 Å². The van der Waals surface area contributed by atoms with Gasteiger partial charge in [-0.05, 0) is 37.8 Å². The fourth-order valence-corrected chi connectivity index (χ4v) is 2.86. The number of hydrogen-bond acceptors (Lipinski definition) is 6. The zero-order chi connectivity index (χ0) is 17.0. The van der Waals surface area contributed by atoms with Crippen LogP contribution >= 0.6 is 0 Å². The molecule has 1 aliphatic heterocycles. The molecule has 6 heteroatoms. The molecular weight excluding hydrogens is 300 g/mol. The van der Waals surface area contributed by atoms with Crippen molar-refractivity contribution in [3.63, 3.8) is 0 Å². The Hall–Kier alpha value is -2.08. The number of carbonyl (C=O) groups excluding carboxylic acids is 2. The summed E-state index contributed by atoms with van der Waals surface area (Å²) in [6.45, 7) is 1.82. The fourth-order valence-electron chi connectivity index (χ4n) is 2.86. The van der Waals surface area contributed by atoms with Gasteiger partial charge in [-0.2, -0.15) is 0 Å². The normalized spacial score (nSPS) is 23.4. The molecule has 1 aromatic rings. The topological polar surface area (TPSA) is 93.1 Å². The van der Waals surface area contributed by atoms with E-state index in [9.17, 15) is 19.8 Å². The zero-order valence-corrected chi connectivity index (χ0v) is 13.4. The molecule has 126 valence electrons. The summed E-state index contributed by atoms with van der Waals surface area (Å²) in [7, 11) is 1.55.